The van der Waals surface area contributed by atoms with Crippen LogP contribution in [0.5, 0.6) is 0 Å². The fraction of sp³-hybridized carbons (Fsp3) is 0.764. The zero-order chi connectivity index (χ0) is 44.4. The molecule has 0 heterocycles. The van der Waals surface area contributed by atoms with Crippen LogP contribution in [-0.4, -0.2) is 37.2 Å². The van der Waals surface area contributed by atoms with E-state index in [1.807, 2.05) is 0 Å². The van der Waals surface area contributed by atoms with Crippen molar-refractivity contribution in [2.24, 2.45) is 0 Å². The highest BCUT2D eigenvalue weighted by Gasteiger charge is 2.19. The van der Waals surface area contributed by atoms with Crippen molar-refractivity contribution < 1.29 is 28.6 Å². The van der Waals surface area contributed by atoms with Gasteiger partial charge in [-0.05, 0) is 89.9 Å². The van der Waals surface area contributed by atoms with Crippen LogP contribution in [0.1, 0.15) is 252 Å². The molecule has 0 N–H and O–H groups in total. The molecule has 0 aromatic heterocycles. The normalized spacial score (nSPS) is 12.5. The molecule has 0 rings (SSSR count). The van der Waals surface area contributed by atoms with Gasteiger partial charge >= 0.3 is 17.9 Å². The van der Waals surface area contributed by atoms with Crippen molar-refractivity contribution in [3.05, 3.63) is 60.8 Å². The molecule has 0 aromatic rings. The second kappa shape index (κ2) is 49.8. The van der Waals surface area contributed by atoms with Crippen LogP contribution in [0.3, 0.4) is 0 Å². The lowest BCUT2D eigenvalue weighted by molar-refractivity contribution is -0.167. The molecule has 0 amide bonds. The average Bonchev–Trinajstić information content (AvgIpc) is 3.26. The van der Waals surface area contributed by atoms with Crippen molar-refractivity contribution in [1.82, 2.24) is 0 Å². The number of rotatable bonds is 46. The Bertz CT molecular complexity index is 1120. The van der Waals surface area contributed by atoms with E-state index in [1.54, 1.807) is 0 Å². The molecule has 352 valence electrons. The predicted octanol–water partition coefficient (Wildman–Crippen LogP) is 16.9. The van der Waals surface area contributed by atoms with Crippen molar-refractivity contribution >= 4 is 17.9 Å². The van der Waals surface area contributed by atoms with E-state index in [0.717, 1.165) is 96.3 Å². The fourth-order valence-corrected chi connectivity index (χ4v) is 7.07. The van der Waals surface area contributed by atoms with Crippen LogP contribution in [0.15, 0.2) is 60.8 Å². The second-order valence-electron chi connectivity index (χ2n) is 17.1. The van der Waals surface area contributed by atoms with Crippen molar-refractivity contribution in [3.63, 3.8) is 0 Å². The van der Waals surface area contributed by atoms with E-state index in [0.29, 0.717) is 19.3 Å². The van der Waals surface area contributed by atoms with Gasteiger partial charge in [0, 0.05) is 19.3 Å². The summed E-state index contributed by atoms with van der Waals surface area (Å²) >= 11 is 0. The molecule has 0 bridgehead atoms. The number of allylic oxidation sites excluding steroid dienone is 10. The van der Waals surface area contributed by atoms with Gasteiger partial charge in [0.1, 0.15) is 13.2 Å². The maximum Gasteiger partial charge on any atom is 0.306 e. The first-order valence-corrected chi connectivity index (χ1v) is 25.8. The number of esters is 3. The largest absolute Gasteiger partial charge is 0.462 e. The molecular weight excluding hydrogens is 757 g/mol. The van der Waals surface area contributed by atoms with Crippen LogP contribution in [0.25, 0.3) is 0 Å². The summed E-state index contributed by atoms with van der Waals surface area (Å²) in [5.74, 6) is -0.915. The molecule has 0 fully saturated rings. The second-order valence-corrected chi connectivity index (χ2v) is 17.1. The molecule has 0 aliphatic heterocycles. The van der Waals surface area contributed by atoms with Gasteiger partial charge in [-0.15, -0.1) is 0 Å². The molecule has 6 heteroatoms. The van der Waals surface area contributed by atoms with E-state index in [9.17, 15) is 14.4 Å². The van der Waals surface area contributed by atoms with Gasteiger partial charge in [-0.3, -0.25) is 14.4 Å². The van der Waals surface area contributed by atoms with E-state index in [2.05, 4.69) is 81.5 Å². The predicted molar refractivity (Wildman–Crippen MR) is 261 cm³/mol. The third-order valence-corrected chi connectivity index (χ3v) is 11.0. The highest BCUT2D eigenvalue weighted by Crippen LogP contribution is 2.14. The Balaban J connectivity index is 4.20. The molecule has 1 atom stereocenters. The molecule has 0 aromatic carbocycles. The standard InChI is InChI=1S/C55H96O6/c1-4-7-10-13-15-17-19-21-23-25-26-27-28-30-31-33-35-37-39-42-45-48-54(57)60-51-52(50-59-53(56)47-44-41-12-9-6-3)61-55(58)49-46-43-40-38-36-34-32-29-24-22-20-18-16-14-11-8-5-2/h16,18-19,21-22,24-26,28,30,52H,4-15,17,20,23,27,29,31-51H2,1-3H3/b18-16-,21-19-,24-22-,26-25-,30-28-. The molecule has 0 saturated heterocycles. The minimum Gasteiger partial charge on any atom is -0.462 e. The summed E-state index contributed by atoms with van der Waals surface area (Å²) < 4.78 is 16.7. The Morgan fingerprint density at radius 3 is 0.951 bits per heavy atom. The lowest BCUT2D eigenvalue weighted by atomic mass is 10.1. The van der Waals surface area contributed by atoms with Crippen LogP contribution in [0.4, 0.5) is 0 Å². The van der Waals surface area contributed by atoms with Gasteiger partial charge in [0.25, 0.3) is 0 Å². The summed E-state index contributed by atoms with van der Waals surface area (Å²) in [7, 11) is 0. The highest BCUT2D eigenvalue weighted by atomic mass is 16.6. The first kappa shape index (κ1) is 58.1. The van der Waals surface area contributed by atoms with Gasteiger partial charge in [0.05, 0.1) is 0 Å². The Hall–Kier alpha value is -2.89. The summed E-state index contributed by atoms with van der Waals surface area (Å²) in [5.41, 5.74) is 0. The van der Waals surface area contributed by atoms with E-state index in [-0.39, 0.29) is 31.1 Å². The summed E-state index contributed by atoms with van der Waals surface area (Å²) in [6.07, 6.45) is 60.9. The summed E-state index contributed by atoms with van der Waals surface area (Å²) in [5, 5.41) is 0. The molecule has 61 heavy (non-hydrogen) atoms. The third kappa shape index (κ3) is 48.0. The maximum atomic E-state index is 12.7. The number of ether oxygens (including phenoxy) is 3. The van der Waals surface area contributed by atoms with Crippen LogP contribution in [0, 0.1) is 0 Å². The molecule has 6 nitrogen and oxygen atoms in total. The Morgan fingerprint density at radius 1 is 0.328 bits per heavy atom. The summed E-state index contributed by atoms with van der Waals surface area (Å²) in [6.45, 7) is 6.50. The summed E-state index contributed by atoms with van der Waals surface area (Å²) in [4.78, 5) is 37.7. The maximum absolute atomic E-state index is 12.7. The van der Waals surface area contributed by atoms with Crippen molar-refractivity contribution in [3.8, 4) is 0 Å². The van der Waals surface area contributed by atoms with Gasteiger partial charge in [-0.25, -0.2) is 0 Å². The average molecular weight is 853 g/mol. The zero-order valence-corrected chi connectivity index (χ0v) is 40.2. The first-order chi connectivity index (χ1) is 30.0. The van der Waals surface area contributed by atoms with E-state index < -0.39 is 6.10 Å². The minimum absolute atomic E-state index is 0.0827. The lowest BCUT2D eigenvalue weighted by Gasteiger charge is -2.18. The van der Waals surface area contributed by atoms with Crippen LogP contribution < -0.4 is 0 Å². The number of unbranched alkanes of at least 4 members (excludes halogenated alkanes) is 25. The van der Waals surface area contributed by atoms with E-state index >= 15 is 0 Å². The quantitative estimate of drug-likeness (QED) is 0.0263. The van der Waals surface area contributed by atoms with Gasteiger partial charge in [0.15, 0.2) is 6.10 Å². The monoisotopic (exact) mass is 853 g/mol. The van der Waals surface area contributed by atoms with Crippen LogP contribution >= 0.6 is 0 Å². The summed E-state index contributed by atoms with van der Waals surface area (Å²) in [6, 6.07) is 0. The zero-order valence-electron chi connectivity index (χ0n) is 40.2. The lowest BCUT2D eigenvalue weighted by Crippen LogP contribution is -2.30. The molecule has 0 aliphatic rings. The van der Waals surface area contributed by atoms with Crippen LogP contribution in [-0.2, 0) is 28.6 Å². The first-order valence-electron chi connectivity index (χ1n) is 25.8. The van der Waals surface area contributed by atoms with Crippen molar-refractivity contribution in [2.75, 3.05) is 13.2 Å². The Morgan fingerprint density at radius 2 is 0.590 bits per heavy atom. The van der Waals surface area contributed by atoms with Gasteiger partial charge in [0.2, 0.25) is 0 Å². The van der Waals surface area contributed by atoms with E-state index in [4.69, 9.17) is 14.2 Å². The molecule has 0 saturated carbocycles. The van der Waals surface area contributed by atoms with Gasteiger partial charge < -0.3 is 14.2 Å². The van der Waals surface area contributed by atoms with E-state index in [1.165, 1.54) is 116 Å². The van der Waals surface area contributed by atoms with Crippen LogP contribution in [0.2, 0.25) is 0 Å². The minimum atomic E-state index is -0.779. The molecule has 1 unspecified atom stereocenters. The molecular formula is C55H96O6. The Labute approximate surface area is 377 Å². The van der Waals surface area contributed by atoms with Crippen molar-refractivity contribution in [2.45, 2.75) is 258 Å². The van der Waals surface area contributed by atoms with Gasteiger partial charge in [-0.1, -0.05) is 204 Å². The number of hydrogen-bond acceptors (Lipinski definition) is 6. The topological polar surface area (TPSA) is 78.9 Å². The molecule has 0 radical (unpaired) electrons. The number of carbonyl (C=O) groups excluding carboxylic acids is 3. The Kier molecular flexibility index (Phi) is 47.4. The molecule has 0 aliphatic carbocycles. The third-order valence-electron chi connectivity index (χ3n) is 11.0. The molecule has 0 spiro atoms. The van der Waals surface area contributed by atoms with Crippen molar-refractivity contribution in [1.29, 1.82) is 0 Å². The number of hydrogen-bond donors (Lipinski definition) is 0. The fourth-order valence-electron chi connectivity index (χ4n) is 7.07. The SMILES string of the molecule is CCCCC/C=C\C/C=C\CCCCCCCCCC(=O)OC(COC(=O)CCCCCCC)COC(=O)CCCCCCCC/C=C\C/C=C\C/C=C\CCCCCCC. The highest BCUT2D eigenvalue weighted by molar-refractivity contribution is 5.71. The number of carbonyl (C=O) groups is 3. The van der Waals surface area contributed by atoms with Gasteiger partial charge in [-0.2, -0.15) is 0 Å². The smallest absolute Gasteiger partial charge is 0.306 e.